The van der Waals surface area contributed by atoms with E-state index in [2.05, 4.69) is 196 Å². The van der Waals surface area contributed by atoms with Crippen LogP contribution in [0, 0.1) is 0 Å². The number of allylic oxidation sites excluding steroid dienone is 8. The second-order valence-electron chi connectivity index (χ2n) is 20.9. The zero-order chi connectivity index (χ0) is 57.2. The minimum Gasteiger partial charge on any atom is -0.457 e. The van der Waals surface area contributed by atoms with E-state index in [-0.39, 0.29) is 29.6 Å². The van der Waals surface area contributed by atoms with Crippen LogP contribution >= 0.6 is 0 Å². The number of hydrogen-bond acceptors (Lipinski definition) is 6. The van der Waals surface area contributed by atoms with Gasteiger partial charge < -0.3 is 25.2 Å². The summed E-state index contributed by atoms with van der Waals surface area (Å²) in [7, 11) is 4.32. The van der Waals surface area contributed by atoms with E-state index in [1.54, 1.807) is 6.20 Å². The lowest BCUT2D eigenvalue weighted by atomic mass is 9.63. The number of ether oxygens (including phenoxy) is 1. The molecule has 9 heteroatoms. The number of benzene rings is 7. The Labute approximate surface area is 471 Å². The van der Waals surface area contributed by atoms with E-state index in [1.165, 1.54) is 0 Å². The maximum atomic E-state index is 9.42. The molecule has 0 fully saturated rings. The number of nitrogens with one attached hydrogen (secondary N) is 2. The molecule has 382 valence electrons. The summed E-state index contributed by atoms with van der Waals surface area (Å²) >= 11 is 0. The third-order valence-electron chi connectivity index (χ3n) is 14.9. The SMILES string of the molecule is [2H]c1c([2H])c([2H])c2c(c1[2H])c1ccc(Oc3cc(N4CN(c5c(/C6=C/C=C\N/C=C\C=C/[B]6)cccc5/C5=C/C=C\N/C=C\C=C/[B]5)c5ccccc54)cc(C(C)(C)C)c3)cc1n2-c1cc(C(C)(c2ccccc2)c2ccccc2)ccn1. The first kappa shape index (κ1) is 45.7. The van der Waals surface area contributed by atoms with Crippen LogP contribution in [-0.4, -0.2) is 30.8 Å². The van der Waals surface area contributed by atoms with Crippen molar-refractivity contribution in [3.05, 3.63) is 301 Å². The molecule has 0 atom stereocenters. The molecule has 7 nitrogen and oxygen atoms in total. The summed E-state index contributed by atoms with van der Waals surface area (Å²) in [5.74, 6) is 5.81. The van der Waals surface area contributed by atoms with Crippen LogP contribution in [0.3, 0.4) is 0 Å². The largest absolute Gasteiger partial charge is 0.457 e. The van der Waals surface area contributed by atoms with E-state index in [4.69, 9.17) is 12.5 Å². The van der Waals surface area contributed by atoms with Gasteiger partial charge in [-0.1, -0.05) is 165 Å². The molecule has 2 radical (unpaired) electrons. The molecule has 0 saturated heterocycles. The molecule has 0 aliphatic carbocycles. The second-order valence-corrected chi connectivity index (χ2v) is 20.9. The summed E-state index contributed by atoms with van der Waals surface area (Å²) < 4.78 is 45.4. The van der Waals surface area contributed by atoms with Gasteiger partial charge in [0.2, 0.25) is 0 Å². The molecule has 9 aromatic rings. The monoisotopic (exact) mass is 1030 g/mol. The molecule has 5 heterocycles. The molecule has 0 saturated carbocycles. The first-order valence-corrected chi connectivity index (χ1v) is 26.7. The van der Waals surface area contributed by atoms with E-state index < -0.39 is 5.41 Å². The normalized spacial score (nSPS) is 18.9. The van der Waals surface area contributed by atoms with Crippen LogP contribution in [-0.2, 0) is 10.8 Å². The molecule has 2 aromatic heterocycles. The van der Waals surface area contributed by atoms with Crippen LogP contribution in [0.25, 0.3) is 38.6 Å². The van der Waals surface area contributed by atoms with Crippen molar-refractivity contribution >= 4 is 70.1 Å². The Hall–Kier alpha value is -9.46. The molecule has 12 rings (SSSR count). The number of rotatable bonds is 10. The summed E-state index contributed by atoms with van der Waals surface area (Å²) in [6.07, 6.45) is 25.8. The van der Waals surface area contributed by atoms with Crippen molar-refractivity contribution in [1.29, 1.82) is 0 Å². The van der Waals surface area contributed by atoms with Gasteiger partial charge in [0.15, 0.2) is 14.6 Å². The third kappa shape index (κ3) is 10.1. The Morgan fingerprint density at radius 1 is 0.532 bits per heavy atom. The Morgan fingerprint density at radius 3 is 1.81 bits per heavy atom. The van der Waals surface area contributed by atoms with Gasteiger partial charge in [0.25, 0.3) is 0 Å². The number of anilines is 4. The second kappa shape index (κ2) is 21.9. The van der Waals surface area contributed by atoms with Crippen molar-refractivity contribution in [2.45, 2.75) is 38.5 Å². The van der Waals surface area contributed by atoms with Crippen LogP contribution in [0.1, 0.15) is 66.6 Å². The third-order valence-corrected chi connectivity index (χ3v) is 14.9. The molecular formula is C70H60B2N6O. The van der Waals surface area contributed by atoms with Crippen LogP contribution in [0.2, 0.25) is 0 Å². The van der Waals surface area contributed by atoms with Gasteiger partial charge in [-0.2, -0.15) is 0 Å². The van der Waals surface area contributed by atoms with E-state index in [0.717, 1.165) is 67.1 Å². The standard InChI is InChI=1S/C70H60B2N6O/c1-69(2,3)53-44-54(76-49-77(65-33-14-13-32-64(65)76)68-59(61-29-20-41-73-39-17-15-37-71-61)27-19-28-60(68)62-30-21-42-74-40-18-16-38-72-62)47-56(45-53)79-55-34-35-58-57-26-11-12-31-63(57)78(66(58)48-55)67-46-52(36-43-75-67)70(4,50-22-7-5-8-23-50)51-24-9-6-10-25-51/h5-48,73-74H,49H2,1-4H3/b37-15-,38-16-,39-17-,40-18-,41-20-,42-21-,61-29-,62-30-/i11D,12D,26D,31D. The van der Waals surface area contributed by atoms with Crippen molar-refractivity contribution in [2.24, 2.45) is 0 Å². The lowest BCUT2D eigenvalue weighted by molar-refractivity contribution is 0.479. The van der Waals surface area contributed by atoms with Gasteiger partial charge >= 0.3 is 0 Å². The summed E-state index contributed by atoms with van der Waals surface area (Å²) in [5, 5.41) is 7.52. The lowest BCUT2D eigenvalue weighted by Gasteiger charge is -2.32. The fourth-order valence-corrected chi connectivity index (χ4v) is 10.9. The number of fused-ring (bicyclic) bond motifs is 4. The quantitative estimate of drug-likeness (QED) is 0.133. The summed E-state index contributed by atoms with van der Waals surface area (Å²) in [4.78, 5) is 9.77. The van der Waals surface area contributed by atoms with Gasteiger partial charge in [-0.3, -0.25) is 4.57 Å². The minimum absolute atomic E-state index is 0.118. The van der Waals surface area contributed by atoms with Gasteiger partial charge in [0, 0.05) is 65.0 Å². The number of hydrogen-bond donors (Lipinski definition) is 2. The molecule has 0 unspecified atom stereocenters. The highest BCUT2D eigenvalue weighted by molar-refractivity contribution is 6.67. The first-order chi connectivity index (χ1) is 40.4. The smallest absolute Gasteiger partial charge is 0.182 e. The lowest BCUT2D eigenvalue weighted by Crippen LogP contribution is -2.26. The highest BCUT2D eigenvalue weighted by atomic mass is 16.5. The van der Waals surface area contributed by atoms with Crippen LogP contribution in [0.4, 0.5) is 22.7 Å². The molecule has 7 aromatic carbocycles. The Bertz CT molecular complexity index is 4120. The minimum atomic E-state index is -0.607. The zero-order valence-electron chi connectivity index (χ0n) is 48.7. The van der Waals surface area contributed by atoms with Gasteiger partial charge in [-0.25, -0.2) is 4.98 Å². The topological polar surface area (TPSA) is 57.6 Å². The predicted octanol–water partition coefficient (Wildman–Crippen LogP) is 16.2. The predicted molar refractivity (Wildman–Crippen MR) is 333 cm³/mol. The van der Waals surface area contributed by atoms with Gasteiger partial charge in [0.1, 0.15) is 24.0 Å². The molecule has 0 amide bonds. The van der Waals surface area contributed by atoms with E-state index >= 15 is 0 Å². The van der Waals surface area contributed by atoms with Crippen molar-refractivity contribution in [3.63, 3.8) is 0 Å². The van der Waals surface area contributed by atoms with E-state index in [0.29, 0.717) is 45.8 Å². The van der Waals surface area contributed by atoms with Crippen molar-refractivity contribution in [2.75, 3.05) is 16.5 Å². The summed E-state index contributed by atoms with van der Waals surface area (Å²) in [6, 6.07) is 51.3. The van der Waals surface area contributed by atoms with Crippen molar-refractivity contribution in [3.8, 4) is 17.3 Å². The number of nitrogens with zero attached hydrogens (tertiary/aromatic N) is 4. The Kier molecular flexibility index (Phi) is 12.7. The van der Waals surface area contributed by atoms with Gasteiger partial charge in [0.05, 0.1) is 33.6 Å². The molecule has 79 heavy (non-hydrogen) atoms. The Balaban J connectivity index is 0.988. The van der Waals surface area contributed by atoms with Crippen LogP contribution in [0.5, 0.6) is 11.5 Å². The first-order valence-electron chi connectivity index (χ1n) is 28.7. The summed E-state index contributed by atoms with van der Waals surface area (Å²) in [6.45, 7) is 9.32. The highest BCUT2D eigenvalue weighted by Crippen LogP contribution is 2.50. The van der Waals surface area contributed by atoms with E-state index in [9.17, 15) is 2.74 Å². The van der Waals surface area contributed by atoms with Crippen LogP contribution < -0.4 is 25.2 Å². The fourth-order valence-electron chi connectivity index (χ4n) is 10.9. The highest BCUT2D eigenvalue weighted by Gasteiger charge is 2.34. The average Bonchev–Trinajstić information content (AvgIpc) is 2.15. The number of aromatic nitrogens is 2. The van der Waals surface area contributed by atoms with Crippen LogP contribution in [0.15, 0.2) is 267 Å². The zero-order valence-corrected chi connectivity index (χ0v) is 44.7. The number of pyridine rings is 1. The summed E-state index contributed by atoms with van der Waals surface area (Å²) in [5.41, 5.74) is 12.6. The molecular weight excluding hydrogens is 962 g/mol. The fraction of sp³-hybridized carbons (Fsp3) is 0.100. The molecule has 2 N–H and O–H groups in total. The molecule has 0 spiro atoms. The maximum Gasteiger partial charge on any atom is 0.182 e. The molecule has 3 aliphatic heterocycles. The van der Waals surface area contributed by atoms with Crippen molar-refractivity contribution in [1.82, 2.24) is 20.2 Å². The van der Waals surface area contributed by atoms with Gasteiger partial charge in [-0.05, 0) is 125 Å². The van der Waals surface area contributed by atoms with E-state index in [1.807, 2.05) is 108 Å². The molecule has 3 aliphatic rings. The average molecular weight is 1030 g/mol. The van der Waals surface area contributed by atoms with Gasteiger partial charge in [-0.15, -0.1) is 12.0 Å². The Morgan fingerprint density at radius 2 is 1.15 bits per heavy atom. The molecule has 0 bridgehead atoms. The maximum absolute atomic E-state index is 9.42. The number of para-hydroxylation sites is 4. The van der Waals surface area contributed by atoms with Crippen molar-refractivity contribution < 1.29 is 10.2 Å².